The molecule has 0 N–H and O–H groups in total. The van der Waals surface area contributed by atoms with E-state index in [1.807, 2.05) is 0 Å². The molecule has 2 atom stereocenters. The van der Waals surface area contributed by atoms with Crippen LogP contribution in [0, 0.1) is 0 Å². The number of rotatable bonds is 4. The third-order valence-corrected chi connectivity index (χ3v) is 2.51. The van der Waals surface area contributed by atoms with Crippen LogP contribution in [-0.4, -0.2) is 12.1 Å². The van der Waals surface area contributed by atoms with Crippen LogP contribution in [0.25, 0.3) is 0 Å². The average molecular weight is 216 g/mol. The van der Waals surface area contributed by atoms with Gasteiger partial charge in [0, 0.05) is 12.8 Å². The van der Waals surface area contributed by atoms with Gasteiger partial charge in [-0.05, 0) is 12.0 Å². The Labute approximate surface area is 88.1 Å². The summed E-state index contributed by atoms with van der Waals surface area (Å²) >= 11 is 0. The zero-order chi connectivity index (χ0) is 11.5. The molecule has 1 aromatic rings. The molecule has 84 valence electrons. The number of halogens is 3. The van der Waals surface area contributed by atoms with Crippen LogP contribution in [0.15, 0.2) is 30.3 Å². The van der Waals surface area contributed by atoms with Gasteiger partial charge >= 0.3 is 0 Å². The van der Waals surface area contributed by atoms with Crippen molar-refractivity contribution in [2.45, 2.75) is 38.3 Å². The molecule has 1 aromatic carbocycles. The van der Waals surface area contributed by atoms with Gasteiger partial charge in [0.25, 0.3) is 5.92 Å². The van der Waals surface area contributed by atoms with E-state index in [2.05, 4.69) is 0 Å². The highest BCUT2D eigenvalue weighted by Gasteiger charge is 2.40. The summed E-state index contributed by atoms with van der Waals surface area (Å²) in [5, 5.41) is 0. The van der Waals surface area contributed by atoms with Crippen molar-refractivity contribution < 1.29 is 13.2 Å². The molecule has 0 aliphatic heterocycles. The highest BCUT2D eigenvalue weighted by atomic mass is 19.3. The Morgan fingerprint density at radius 3 is 2.13 bits per heavy atom. The van der Waals surface area contributed by atoms with Crippen molar-refractivity contribution in [3.05, 3.63) is 35.9 Å². The lowest BCUT2D eigenvalue weighted by atomic mass is 9.89. The Hall–Kier alpha value is -0.990. The molecular weight excluding hydrogens is 201 g/mol. The van der Waals surface area contributed by atoms with Crippen molar-refractivity contribution in [1.82, 2.24) is 0 Å². The van der Waals surface area contributed by atoms with Crippen molar-refractivity contribution >= 4 is 0 Å². The van der Waals surface area contributed by atoms with Gasteiger partial charge in [-0.15, -0.1) is 0 Å². The number of alkyl halides is 3. The Morgan fingerprint density at radius 1 is 1.20 bits per heavy atom. The molecule has 0 nitrogen and oxygen atoms in total. The summed E-state index contributed by atoms with van der Waals surface area (Å²) in [5.41, 5.74) is 0.633. The summed E-state index contributed by atoms with van der Waals surface area (Å²) in [7, 11) is 0. The summed E-state index contributed by atoms with van der Waals surface area (Å²) in [6.07, 6.45) is -1.75. The van der Waals surface area contributed by atoms with Crippen LogP contribution < -0.4 is 0 Å². The maximum absolute atomic E-state index is 13.5. The third-order valence-electron chi connectivity index (χ3n) is 2.51. The van der Waals surface area contributed by atoms with Crippen LogP contribution in [0.3, 0.4) is 0 Å². The van der Waals surface area contributed by atoms with Crippen LogP contribution in [0.5, 0.6) is 0 Å². The molecule has 0 heterocycles. The predicted octanol–water partition coefficient (Wildman–Crippen LogP) is 4.17. The van der Waals surface area contributed by atoms with Crippen molar-refractivity contribution in [3.63, 3.8) is 0 Å². The van der Waals surface area contributed by atoms with Crippen molar-refractivity contribution in [2.75, 3.05) is 0 Å². The third kappa shape index (κ3) is 2.98. The normalized spacial score (nSPS) is 16.1. The number of hydrogen-bond acceptors (Lipinski definition) is 0. The van der Waals surface area contributed by atoms with Crippen molar-refractivity contribution in [1.29, 1.82) is 0 Å². The van der Waals surface area contributed by atoms with Gasteiger partial charge in [0.05, 0.1) is 0 Å². The van der Waals surface area contributed by atoms with Gasteiger partial charge in [-0.2, -0.15) is 0 Å². The highest BCUT2D eigenvalue weighted by molar-refractivity contribution is 5.21. The van der Waals surface area contributed by atoms with E-state index >= 15 is 0 Å². The van der Waals surface area contributed by atoms with E-state index in [0.717, 1.165) is 0 Å². The van der Waals surface area contributed by atoms with Gasteiger partial charge in [-0.1, -0.05) is 37.3 Å². The summed E-state index contributed by atoms with van der Waals surface area (Å²) in [4.78, 5) is 0. The molecule has 0 aromatic heterocycles. The summed E-state index contributed by atoms with van der Waals surface area (Å²) in [5.74, 6) is -4.01. The van der Waals surface area contributed by atoms with Crippen LogP contribution >= 0.6 is 0 Å². The lowest BCUT2D eigenvalue weighted by Gasteiger charge is -2.24. The maximum Gasteiger partial charge on any atom is 0.276 e. The molecule has 0 fully saturated rings. The van der Waals surface area contributed by atoms with Gasteiger partial charge in [-0.3, -0.25) is 0 Å². The average Bonchev–Trinajstić information content (AvgIpc) is 2.19. The largest absolute Gasteiger partial charge is 0.276 e. The van der Waals surface area contributed by atoms with E-state index in [0.29, 0.717) is 18.9 Å². The van der Waals surface area contributed by atoms with E-state index in [1.165, 1.54) is 0 Å². The lowest BCUT2D eigenvalue weighted by molar-refractivity contribution is -0.0660. The minimum Gasteiger partial charge on any atom is -0.240 e. The first-order valence-corrected chi connectivity index (χ1v) is 5.03. The van der Waals surface area contributed by atoms with E-state index < -0.39 is 18.0 Å². The summed E-state index contributed by atoms with van der Waals surface area (Å²) in [6, 6.07) is 8.63. The molecule has 3 heteroatoms. The molecule has 0 bridgehead atoms. The van der Waals surface area contributed by atoms with Gasteiger partial charge in [0.1, 0.15) is 0 Å². The molecule has 0 saturated carbocycles. The van der Waals surface area contributed by atoms with Crippen LogP contribution in [0.2, 0.25) is 0 Å². The van der Waals surface area contributed by atoms with E-state index in [-0.39, 0.29) is 0 Å². The summed E-state index contributed by atoms with van der Waals surface area (Å²) < 4.78 is 39.2. The molecule has 0 spiro atoms. The molecule has 0 amide bonds. The minimum atomic E-state index is -3.28. The number of hydrogen-bond donors (Lipinski definition) is 0. The predicted molar refractivity (Wildman–Crippen MR) is 55.0 cm³/mol. The zero-order valence-corrected chi connectivity index (χ0v) is 8.88. The molecule has 1 rings (SSSR count). The fraction of sp³-hybridized carbons (Fsp3) is 0.500. The van der Waals surface area contributed by atoms with Crippen molar-refractivity contribution in [2.24, 2.45) is 0 Å². The molecule has 0 aliphatic carbocycles. The second-order valence-corrected chi connectivity index (χ2v) is 3.78. The molecule has 2 unspecified atom stereocenters. The van der Waals surface area contributed by atoms with E-state index in [4.69, 9.17) is 0 Å². The zero-order valence-electron chi connectivity index (χ0n) is 8.88. The van der Waals surface area contributed by atoms with Crippen LogP contribution in [-0.2, 0) is 0 Å². The second-order valence-electron chi connectivity index (χ2n) is 3.78. The first kappa shape index (κ1) is 12.1. The van der Waals surface area contributed by atoms with Gasteiger partial charge in [0.2, 0.25) is 0 Å². The second kappa shape index (κ2) is 4.69. The fourth-order valence-electron chi connectivity index (χ4n) is 1.67. The van der Waals surface area contributed by atoms with Crippen LogP contribution in [0.1, 0.15) is 31.7 Å². The monoisotopic (exact) mass is 216 g/mol. The quantitative estimate of drug-likeness (QED) is 0.708. The lowest BCUT2D eigenvalue weighted by Crippen LogP contribution is -2.31. The summed E-state index contributed by atoms with van der Waals surface area (Å²) in [6.45, 7) is 2.35. The Bertz CT molecular complexity index is 289. The SMILES string of the molecule is CCC(c1ccccc1)C(F)C(C)(F)F. The van der Waals surface area contributed by atoms with E-state index in [9.17, 15) is 13.2 Å². The topological polar surface area (TPSA) is 0 Å². The van der Waals surface area contributed by atoms with E-state index in [1.54, 1.807) is 37.3 Å². The standard InChI is InChI=1S/C12H15F3/c1-3-10(11(13)12(2,14)15)9-7-5-4-6-8-9/h4-8,10-11H,3H2,1-2H3. The molecule has 0 radical (unpaired) electrons. The maximum atomic E-state index is 13.5. The molecule has 0 saturated heterocycles. The van der Waals surface area contributed by atoms with Crippen molar-refractivity contribution in [3.8, 4) is 0 Å². The Morgan fingerprint density at radius 2 is 1.73 bits per heavy atom. The van der Waals surface area contributed by atoms with Crippen LogP contribution in [0.4, 0.5) is 13.2 Å². The molecular formula is C12H15F3. The number of benzene rings is 1. The first-order valence-electron chi connectivity index (χ1n) is 5.03. The molecule has 0 aliphatic rings. The van der Waals surface area contributed by atoms with Gasteiger partial charge in [-0.25, -0.2) is 13.2 Å². The van der Waals surface area contributed by atoms with Gasteiger partial charge in [0.15, 0.2) is 6.17 Å². The Kier molecular flexibility index (Phi) is 3.77. The smallest absolute Gasteiger partial charge is 0.240 e. The highest BCUT2D eigenvalue weighted by Crippen LogP contribution is 2.34. The van der Waals surface area contributed by atoms with Gasteiger partial charge < -0.3 is 0 Å². The fourth-order valence-corrected chi connectivity index (χ4v) is 1.67. The Balaban J connectivity index is 2.90. The first-order chi connectivity index (χ1) is 6.96. The molecule has 15 heavy (non-hydrogen) atoms. The minimum absolute atomic E-state index is 0.370.